The summed E-state index contributed by atoms with van der Waals surface area (Å²) >= 11 is 12.2. The second-order valence-electron chi connectivity index (χ2n) is 8.19. The Morgan fingerprint density at radius 3 is 2.54 bits per heavy atom. The van der Waals surface area contributed by atoms with Crippen molar-refractivity contribution < 1.29 is 18.3 Å². The molecule has 5 aromatic rings. The van der Waals surface area contributed by atoms with Gasteiger partial charge in [-0.25, -0.2) is 8.78 Å². The van der Waals surface area contributed by atoms with Gasteiger partial charge in [-0.2, -0.15) is 0 Å². The highest BCUT2D eigenvalue weighted by atomic mass is 35.5. The minimum absolute atomic E-state index is 0.182. The molecule has 0 bridgehead atoms. The van der Waals surface area contributed by atoms with Gasteiger partial charge in [0, 0.05) is 52.7 Å². The number of aryl methyl sites for hydroxylation is 1. The highest BCUT2D eigenvalue weighted by Crippen LogP contribution is 2.40. The van der Waals surface area contributed by atoms with E-state index in [9.17, 15) is 18.4 Å². The van der Waals surface area contributed by atoms with E-state index in [1.165, 1.54) is 24.4 Å². The largest absolute Gasteiger partial charge is 0.454 e. The number of pyridine rings is 1. The van der Waals surface area contributed by atoms with E-state index in [1.807, 2.05) is 0 Å². The van der Waals surface area contributed by atoms with Crippen molar-refractivity contribution in [2.75, 3.05) is 5.32 Å². The number of hydrogen-bond acceptors (Lipinski definition) is 3. The maximum absolute atomic E-state index is 14.4. The summed E-state index contributed by atoms with van der Waals surface area (Å²) in [6.45, 7) is 0. The molecule has 37 heavy (non-hydrogen) atoms. The predicted molar refractivity (Wildman–Crippen MR) is 140 cm³/mol. The number of fused-ring (bicyclic) bond motifs is 1. The number of hydrogen-bond donors (Lipinski definition) is 2. The number of ether oxygens (including phenoxy) is 1. The van der Waals surface area contributed by atoms with Gasteiger partial charge in [-0.05, 0) is 54.6 Å². The normalized spacial score (nSPS) is 11.1. The number of benzene rings is 3. The molecule has 5 rings (SSSR count). The standard InChI is InChI=1S/C27H17Cl2F2N3O3/c1-34-13-20(17-8-9-32-27(36)25(17)34)18-12-16(33-26(35)19-10-14(28)2-5-21(19)29)4-7-23(18)37-24-6-3-15(30)11-22(24)31/h2-13H,1H3,(H,32,36)(H,33,35). The smallest absolute Gasteiger partial charge is 0.272 e. The Bertz CT molecular complexity index is 1750. The quantitative estimate of drug-likeness (QED) is 0.248. The van der Waals surface area contributed by atoms with E-state index in [2.05, 4.69) is 10.3 Å². The lowest BCUT2D eigenvalue weighted by atomic mass is 10.0. The summed E-state index contributed by atoms with van der Waals surface area (Å²) in [5.41, 5.74) is 1.73. The molecule has 10 heteroatoms. The maximum Gasteiger partial charge on any atom is 0.272 e. The van der Waals surface area contributed by atoms with Crippen molar-refractivity contribution in [1.82, 2.24) is 9.55 Å². The summed E-state index contributed by atoms with van der Waals surface area (Å²) < 4.78 is 35.3. The third-order valence-electron chi connectivity index (χ3n) is 5.71. The second-order valence-corrected chi connectivity index (χ2v) is 9.03. The summed E-state index contributed by atoms with van der Waals surface area (Å²) in [6.07, 6.45) is 3.24. The Hall–Kier alpha value is -4.14. The highest BCUT2D eigenvalue weighted by molar-refractivity contribution is 6.36. The minimum Gasteiger partial charge on any atom is -0.454 e. The first kappa shape index (κ1) is 24.5. The Labute approximate surface area is 219 Å². The summed E-state index contributed by atoms with van der Waals surface area (Å²) in [5.74, 6) is -2.09. The molecule has 0 saturated carbocycles. The van der Waals surface area contributed by atoms with Gasteiger partial charge in [-0.1, -0.05) is 23.2 Å². The van der Waals surface area contributed by atoms with Crippen LogP contribution in [0.4, 0.5) is 14.5 Å². The van der Waals surface area contributed by atoms with Gasteiger partial charge in [0.2, 0.25) is 0 Å². The van der Waals surface area contributed by atoms with Crippen LogP contribution in [-0.4, -0.2) is 15.5 Å². The minimum atomic E-state index is -0.881. The van der Waals surface area contributed by atoms with Gasteiger partial charge >= 0.3 is 0 Å². The lowest BCUT2D eigenvalue weighted by Gasteiger charge is -2.14. The fourth-order valence-corrected chi connectivity index (χ4v) is 4.41. The molecule has 0 unspecified atom stereocenters. The number of carbonyl (C=O) groups is 1. The lowest BCUT2D eigenvalue weighted by Crippen LogP contribution is -2.12. The molecule has 0 aliphatic carbocycles. The van der Waals surface area contributed by atoms with Crippen molar-refractivity contribution in [2.24, 2.45) is 7.05 Å². The van der Waals surface area contributed by atoms with E-state index in [4.69, 9.17) is 27.9 Å². The van der Waals surface area contributed by atoms with Crippen LogP contribution in [0, 0.1) is 11.6 Å². The van der Waals surface area contributed by atoms with Crippen LogP contribution in [-0.2, 0) is 7.05 Å². The molecule has 3 aromatic carbocycles. The van der Waals surface area contributed by atoms with Gasteiger partial charge < -0.3 is 19.6 Å². The average Bonchev–Trinajstić information content (AvgIpc) is 3.20. The van der Waals surface area contributed by atoms with Gasteiger partial charge in [0.1, 0.15) is 17.1 Å². The van der Waals surface area contributed by atoms with E-state index in [-0.39, 0.29) is 27.6 Å². The number of H-pyrrole nitrogens is 1. The van der Waals surface area contributed by atoms with E-state index < -0.39 is 17.5 Å². The highest BCUT2D eigenvalue weighted by Gasteiger charge is 2.19. The van der Waals surface area contributed by atoms with Crippen molar-refractivity contribution >= 4 is 45.7 Å². The fourth-order valence-electron chi connectivity index (χ4n) is 4.03. The molecule has 2 heterocycles. The van der Waals surface area contributed by atoms with Gasteiger partial charge in [0.05, 0.1) is 10.6 Å². The molecule has 2 aromatic heterocycles. The van der Waals surface area contributed by atoms with E-state index in [0.717, 1.165) is 12.1 Å². The molecule has 0 radical (unpaired) electrons. The molecule has 0 aliphatic heterocycles. The molecular weight excluding hydrogens is 523 g/mol. The van der Waals surface area contributed by atoms with Crippen LogP contribution in [0.5, 0.6) is 11.5 Å². The predicted octanol–water partition coefficient (Wildman–Crippen LogP) is 7.16. The molecular formula is C27H17Cl2F2N3O3. The monoisotopic (exact) mass is 539 g/mol. The fraction of sp³-hybridized carbons (Fsp3) is 0.0370. The maximum atomic E-state index is 14.4. The zero-order chi connectivity index (χ0) is 26.3. The number of nitrogens with one attached hydrogen (secondary N) is 2. The van der Waals surface area contributed by atoms with E-state index in [0.29, 0.717) is 32.7 Å². The summed E-state index contributed by atoms with van der Waals surface area (Å²) in [6, 6.07) is 14.0. The Morgan fingerprint density at radius 2 is 1.76 bits per heavy atom. The number of nitrogens with zero attached hydrogens (tertiary/aromatic N) is 1. The SMILES string of the molecule is Cn1cc(-c2cc(NC(=O)c3cc(Cl)ccc3Cl)ccc2Oc2ccc(F)cc2F)c2cc[nH]c(=O)c21. The molecule has 0 atom stereocenters. The van der Waals surface area contributed by atoms with Crippen LogP contribution >= 0.6 is 23.2 Å². The number of carbonyl (C=O) groups excluding carboxylic acids is 1. The molecule has 2 N–H and O–H groups in total. The molecule has 6 nitrogen and oxygen atoms in total. The van der Waals surface area contributed by atoms with Crippen molar-refractivity contribution in [2.45, 2.75) is 0 Å². The Kier molecular flexibility index (Phi) is 6.45. The van der Waals surface area contributed by atoms with Gasteiger partial charge in [0.15, 0.2) is 11.6 Å². The summed E-state index contributed by atoms with van der Waals surface area (Å²) in [5, 5.41) is 3.96. The van der Waals surface area contributed by atoms with Crippen molar-refractivity contribution in [3.63, 3.8) is 0 Å². The third kappa shape index (κ3) is 4.81. The van der Waals surface area contributed by atoms with Crippen molar-refractivity contribution in [3.05, 3.63) is 111 Å². The summed E-state index contributed by atoms with van der Waals surface area (Å²) in [7, 11) is 1.72. The van der Waals surface area contributed by atoms with Gasteiger partial charge in [-0.15, -0.1) is 0 Å². The van der Waals surface area contributed by atoms with Crippen molar-refractivity contribution in [1.29, 1.82) is 0 Å². The van der Waals surface area contributed by atoms with E-state index >= 15 is 0 Å². The number of rotatable bonds is 5. The summed E-state index contributed by atoms with van der Waals surface area (Å²) in [4.78, 5) is 28.0. The van der Waals surface area contributed by atoms with E-state index in [1.54, 1.807) is 48.1 Å². The van der Waals surface area contributed by atoms with Gasteiger partial charge in [-0.3, -0.25) is 9.59 Å². The number of aromatic amines is 1. The first-order valence-corrected chi connectivity index (χ1v) is 11.7. The Morgan fingerprint density at radius 1 is 0.973 bits per heavy atom. The molecule has 0 saturated heterocycles. The topological polar surface area (TPSA) is 76.1 Å². The van der Waals surface area contributed by atoms with Crippen molar-refractivity contribution in [3.8, 4) is 22.6 Å². The van der Waals surface area contributed by atoms with Crippen LogP contribution in [0.3, 0.4) is 0 Å². The van der Waals surface area contributed by atoms with Crippen LogP contribution < -0.4 is 15.6 Å². The van der Waals surface area contributed by atoms with Crippen LogP contribution in [0.15, 0.2) is 77.9 Å². The Balaban J connectivity index is 1.63. The van der Waals surface area contributed by atoms with Gasteiger partial charge in [0.25, 0.3) is 11.5 Å². The zero-order valence-corrected chi connectivity index (χ0v) is 20.6. The number of anilines is 1. The van der Waals surface area contributed by atoms with Crippen LogP contribution in [0.25, 0.3) is 22.0 Å². The molecule has 0 fully saturated rings. The number of halogens is 4. The van der Waals surface area contributed by atoms with Crippen LogP contribution in [0.2, 0.25) is 10.0 Å². The molecule has 186 valence electrons. The molecule has 0 spiro atoms. The molecule has 0 aliphatic rings. The first-order valence-electron chi connectivity index (χ1n) is 10.9. The second kappa shape index (κ2) is 9.72. The number of amides is 1. The zero-order valence-electron chi connectivity index (χ0n) is 19.1. The molecule has 1 amide bonds. The number of aromatic nitrogens is 2. The lowest BCUT2D eigenvalue weighted by molar-refractivity contribution is 0.102. The third-order valence-corrected chi connectivity index (χ3v) is 6.28. The first-order chi connectivity index (χ1) is 17.7. The van der Waals surface area contributed by atoms with Crippen LogP contribution in [0.1, 0.15) is 10.4 Å². The average molecular weight is 540 g/mol.